The van der Waals surface area contributed by atoms with Gasteiger partial charge in [0.2, 0.25) is 5.96 Å². The summed E-state index contributed by atoms with van der Waals surface area (Å²) >= 11 is 1.64. The Morgan fingerprint density at radius 3 is 2.71 bits per heavy atom. The fourth-order valence-electron chi connectivity index (χ4n) is 1.62. The van der Waals surface area contributed by atoms with E-state index in [2.05, 4.69) is 10.4 Å². The molecule has 8 heteroatoms. The van der Waals surface area contributed by atoms with E-state index in [1.807, 2.05) is 13.8 Å². The number of thioether (sulfide) groups is 1. The molecular weight excluding hydrogens is 260 g/mol. The maximum atomic E-state index is 11.7. The Labute approximate surface area is 107 Å². The highest BCUT2D eigenvalue weighted by molar-refractivity contribution is 8.00. The molecule has 0 spiro atoms. The van der Waals surface area contributed by atoms with Crippen LogP contribution in [0.3, 0.4) is 0 Å². The van der Waals surface area contributed by atoms with Crippen LogP contribution in [0.1, 0.15) is 13.8 Å². The molecule has 1 unspecified atom stereocenters. The summed E-state index contributed by atoms with van der Waals surface area (Å²) in [5.74, 6) is 7.32. The molecule has 6 nitrogen and oxygen atoms in total. The van der Waals surface area contributed by atoms with Gasteiger partial charge in [0.25, 0.3) is 0 Å². The molecule has 1 saturated heterocycles. The molecule has 0 bridgehead atoms. The summed E-state index contributed by atoms with van der Waals surface area (Å²) in [4.78, 5) is 6.06. The minimum atomic E-state index is -3.14. The van der Waals surface area contributed by atoms with Gasteiger partial charge in [-0.1, -0.05) is 0 Å². The van der Waals surface area contributed by atoms with E-state index in [0.717, 1.165) is 5.75 Å². The van der Waals surface area contributed by atoms with Gasteiger partial charge in [-0.3, -0.25) is 5.43 Å². The van der Waals surface area contributed by atoms with E-state index < -0.39 is 15.2 Å². The summed E-state index contributed by atoms with van der Waals surface area (Å²) in [5, 5.41) is -0.546. The summed E-state index contributed by atoms with van der Waals surface area (Å²) in [7, 11) is -3.14. The second-order valence-corrected chi connectivity index (χ2v) is 7.60. The highest BCUT2D eigenvalue weighted by Crippen LogP contribution is 2.20. The normalized spacial score (nSPS) is 23.0. The molecule has 0 saturated carbocycles. The number of guanidine groups is 1. The second-order valence-electron chi connectivity index (χ2n) is 4.24. The minimum Gasteiger partial charge on any atom is -0.323 e. The van der Waals surface area contributed by atoms with Crippen LogP contribution in [-0.2, 0) is 9.84 Å². The smallest absolute Gasteiger partial charge is 0.209 e. The van der Waals surface area contributed by atoms with Crippen molar-refractivity contribution in [1.82, 2.24) is 10.3 Å². The third-order valence-corrected chi connectivity index (χ3v) is 5.00. The molecule has 0 aromatic rings. The van der Waals surface area contributed by atoms with E-state index in [1.165, 1.54) is 6.26 Å². The molecule has 0 aliphatic carbocycles. The third-order valence-electron chi connectivity index (χ3n) is 2.36. The third kappa shape index (κ3) is 4.04. The molecule has 100 valence electrons. The lowest BCUT2D eigenvalue weighted by Gasteiger charge is -2.36. The molecule has 0 radical (unpaired) electrons. The van der Waals surface area contributed by atoms with E-state index in [9.17, 15) is 8.42 Å². The minimum absolute atomic E-state index is 0.0656. The summed E-state index contributed by atoms with van der Waals surface area (Å²) in [6.07, 6.45) is 1.25. The Balaban J connectivity index is 2.98. The summed E-state index contributed by atoms with van der Waals surface area (Å²) in [6.45, 7) is 4.48. The van der Waals surface area contributed by atoms with Crippen LogP contribution in [0.25, 0.3) is 0 Å². The lowest BCUT2D eigenvalue weighted by Crippen LogP contribution is -2.55. The molecule has 3 N–H and O–H groups in total. The molecule has 1 rings (SSSR count). The van der Waals surface area contributed by atoms with Crippen LogP contribution in [-0.4, -0.2) is 55.0 Å². The molecule has 17 heavy (non-hydrogen) atoms. The van der Waals surface area contributed by atoms with Crippen molar-refractivity contribution < 1.29 is 8.42 Å². The van der Waals surface area contributed by atoms with Crippen molar-refractivity contribution in [3.63, 3.8) is 0 Å². The van der Waals surface area contributed by atoms with Gasteiger partial charge < -0.3 is 4.90 Å². The van der Waals surface area contributed by atoms with Gasteiger partial charge in [0.1, 0.15) is 5.37 Å². The molecule has 1 atom stereocenters. The van der Waals surface area contributed by atoms with Crippen LogP contribution in [0.15, 0.2) is 4.99 Å². The maximum Gasteiger partial charge on any atom is 0.209 e. The second kappa shape index (κ2) is 5.92. The number of aliphatic imine (C=N–C) groups is 1. The zero-order valence-electron chi connectivity index (χ0n) is 10.4. The summed E-state index contributed by atoms with van der Waals surface area (Å²) in [6, 6.07) is 0.0656. The fourth-order valence-corrected chi connectivity index (χ4v) is 4.44. The zero-order valence-corrected chi connectivity index (χ0v) is 12.0. The van der Waals surface area contributed by atoms with Crippen molar-refractivity contribution in [2.45, 2.75) is 25.3 Å². The fraction of sp³-hybridized carbons (Fsp3) is 0.889. The van der Waals surface area contributed by atoms with Crippen molar-refractivity contribution in [3.8, 4) is 0 Å². The van der Waals surface area contributed by atoms with Gasteiger partial charge in [0.05, 0.1) is 0 Å². The number of sulfone groups is 1. The van der Waals surface area contributed by atoms with Crippen LogP contribution in [0.2, 0.25) is 0 Å². The quantitative estimate of drug-likeness (QED) is 0.311. The van der Waals surface area contributed by atoms with Gasteiger partial charge in [-0.05, 0) is 13.8 Å². The molecule has 0 amide bonds. The van der Waals surface area contributed by atoms with Crippen molar-refractivity contribution in [2.24, 2.45) is 10.8 Å². The van der Waals surface area contributed by atoms with Crippen LogP contribution in [0.4, 0.5) is 0 Å². The predicted octanol–water partition coefficient (Wildman–Crippen LogP) is -0.366. The van der Waals surface area contributed by atoms with Gasteiger partial charge in [-0.2, -0.15) is 11.8 Å². The number of hydrogen-bond donors (Lipinski definition) is 2. The molecular formula is C9H20N4O2S2. The molecule has 1 aliphatic rings. The number of nitrogens with one attached hydrogen (secondary N) is 1. The summed E-state index contributed by atoms with van der Waals surface area (Å²) in [5.41, 5.74) is 2.51. The molecule has 0 aromatic carbocycles. The predicted molar refractivity (Wildman–Crippen MR) is 72.6 cm³/mol. The average molecular weight is 280 g/mol. The van der Waals surface area contributed by atoms with Crippen LogP contribution in [0, 0.1) is 0 Å². The number of rotatable bonds is 2. The first-order valence-electron chi connectivity index (χ1n) is 5.44. The Hall–Kier alpha value is -0.470. The topological polar surface area (TPSA) is 87.8 Å². The first-order chi connectivity index (χ1) is 7.86. The molecule has 0 aromatic heterocycles. The lowest BCUT2D eigenvalue weighted by molar-refractivity contribution is 0.394. The van der Waals surface area contributed by atoms with Crippen molar-refractivity contribution >= 4 is 27.6 Å². The largest absolute Gasteiger partial charge is 0.323 e. The Bertz CT molecular complexity index is 380. The highest BCUT2D eigenvalue weighted by atomic mass is 32.2. The summed E-state index contributed by atoms with van der Waals surface area (Å²) < 4.78 is 23.4. The number of nitrogens with zero attached hydrogens (tertiary/aromatic N) is 2. The Morgan fingerprint density at radius 2 is 2.24 bits per heavy atom. The van der Waals surface area contributed by atoms with E-state index in [0.29, 0.717) is 18.3 Å². The maximum absolute atomic E-state index is 11.7. The molecule has 1 aliphatic heterocycles. The van der Waals surface area contributed by atoms with E-state index in [1.54, 1.807) is 16.7 Å². The van der Waals surface area contributed by atoms with Gasteiger partial charge >= 0.3 is 0 Å². The first-order valence-corrected chi connectivity index (χ1v) is 8.55. The van der Waals surface area contributed by atoms with Gasteiger partial charge in [-0.15, -0.1) is 0 Å². The average Bonchev–Trinajstić information content (AvgIpc) is 2.24. The first kappa shape index (κ1) is 14.6. The molecule has 1 heterocycles. The van der Waals surface area contributed by atoms with E-state index >= 15 is 0 Å². The molecule has 1 fully saturated rings. The highest BCUT2D eigenvalue weighted by Gasteiger charge is 2.32. The van der Waals surface area contributed by atoms with Gasteiger partial charge in [0, 0.05) is 30.3 Å². The van der Waals surface area contributed by atoms with Crippen LogP contribution < -0.4 is 11.3 Å². The number of nitrogens with two attached hydrogens (primary N) is 1. The van der Waals surface area contributed by atoms with Gasteiger partial charge in [0.15, 0.2) is 9.84 Å². The Morgan fingerprint density at radius 1 is 1.59 bits per heavy atom. The standard InChI is InChI=1S/C9H20N4O2S2/c1-7(2)11-9(12-10)13-4-5-16-6-8(13)17(3,14)15/h7-8H,4-6,10H2,1-3H3,(H,11,12). The van der Waals surface area contributed by atoms with E-state index in [-0.39, 0.29) is 6.04 Å². The van der Waals surface area contributed by atoms with Crippen molar-refractivity contribution in [1.29, 1.82) is 0 Å². The van der Waals surface area contributed by atoms with Crippen molar-refractivity contribution in [3.05, 3.63) is 0 Å². The van der Waals surface area contributed by atoms with Crippen LogP contribution >= 0.6 is 11.8 Å². The number of hydrogen-bond acceptors (Lipinski definition) is 5. The zero-order chi connectivity index (χ0) is 13.1. The van der Waals surface area contributed by atoms with Crippen molar-refractivity contribution in [2.75, 3.05) is 24.3 Å². The van der Waals surface area contributed by atoms with Gasteiger partial charge in [-0.25, -0.2) is 19.3 Å². The Kier molecular flexibility index (Phi) is 5.08. The van der Waals surface area contributed by atoms with Crippen LogP contribution in [0.5, 0.6) is 0 Å². The SMILES string of the molecule is CC(C)N=C(NN)N1CCSCC1S(C)(=O)=O. The number of hydrazine groups is 1. The monoisotopic (exact) mass is 280 g/mol. The van der Waals surface area contributed by atoms with E-state index in [4.69, 9.17) is 5.84 Å². The lowest BCUT2D eigenvalue weighted by atomic mass is 10.4.